The van der Waals surface area contributed by atoms with E-state index in [1.54, 1.807) is 18.2 Å². The highest BCUT2D eigenvalue weighted by molar-refractivity contribution is 6.36. The molecule has 134 valence electrons. The number of hydrogen-bond donors (Lipinski definition) is 1. The SMILES string of the molecule is Cc1cccn2cc(-c3ccccc3NC(=O)c3cc(Cl)ccc3Cl)nc12. The van der Waals surface area contributed by atoms with Crippen LogP contribution in [0.2, 0.25) is 10.0 Å². The van der Waals surface area contributed by atoms with Gasteiger partial charge in [0, 0.05) is 23.0 Å². The van der Waals surface area contributed by atoms with Crippen LogP contribution >= 0.6 is 23.2 Å². The van der Waals surface area contributed by atoms with E-state index in [9.17, 15) is 4.79 Å². The van der Waals surface area contributed by atoms with E-state index < -0.39 is 0 Å². The monoisotopic (exact) mass is 395 g/mol. The van der Waals surface area contributed by atoms with Crippen molar-refractivity contribution in [2.75, 3.05) is 5.32 Å². The van der Waals surface area contributed by atoms with Crippen LogP contribution in [0.15, 0.2) is 67.0 Å². The Balaban J connectivity index is 1.73. The zero-order valence-electron chi connectivity index (χ0n) is 14.4. The second kappa shape index (κ2) is 7.06. The van der Waals surface area contributed by atoms with Crippen molar-refractivity contribution in [3.63, 3.8) is 0 Å². The summed E-state index contributed by atoms with van der Waals surface area (Å²) in [5.41, 5.74) is 4.54. The van der Waals surface area contributed by atoms with Crippen molar-refractivity contribution < 1.29 is 4.79 Å². The Morgan fingerprint density at radius 1 is 1.07 bits per heavy atom. The molecule has 4 aromatic rings. The molecular formula is C21H15Cl2N3O. The van der Waals surface area contributed by atoms with Gasteiger partial charge in [0.15, 0.2) is 0 Å². The topological polar surface area (TPSA) is 46.4 Å². The van der Waals surface area contributed by atoms with Gasteiger partial charge in [0.25, 0.3) is 5.91 Å². The summed E-state index contributed by atoms with van der Waals surface area (Å²) >= 11 is 12.1. The highest BCUT2D eigenvalue weighted by Gasteiger charge is 2.15. The predicted octanol–water partition coefficient (Wildman–Crippen LogP) is 5.87. The van der Waals surface area contributed by atoms with Gasteiger partial charge in [-0.2, -0.15) is 0 Å². The number of aromatic nitrogens is 2. The Morgan fingerprint density at radius 2 is 1.89 bits per heavy atom. The van der Waals surface area contributed by atoms with E-state index in [0.717, 1.165) is 22.5 Å². The third-order valence-corrected chi connectivity index (χ3v) is 4.87. The van der Waals surface area contributed by atoms with Crippen LogP contribution in [0.4, 0.5) is 5.69 Å². The van der Waals surface area contributed by atoms with Crippen LogP contribution in [0.1, 0.15) is 15.9 Å². The molecule has 0 aliphatic rings. The van der Waals surface area contributed by atoms with E-state index in [1.165, 1.54) is 0 Å². The van der Waals surface area contributed by atoms with Crippen molar-refractivity contribution >= 4 is 40.4 Å². The van der Waals surface area contributed by atoms with Gasteiger partial charge in [-0.05, 0) is 42.8 Å². The number of carbonyl (C=O) groups is 1. The average molecular weight is 396 g/mol. The quantitative estimate of drug-likeness (QED) is 0.471. The molecular weight excluding hydrogens is 381 g/mol. The summed E-state index contributed by atoms with van der Waals surface area (Å²) in [7, 11) is 0. The summed E-state index contributed by atoms with van der Waals surface area (Å²) in [4.78, 5) is 17.4. The van der Waals surface area contributed by atoms with Gasteiger partial charge in [-0.3, -0.25) is 4.79 Å². The summed E-state index contributed by atoms with van der Waals surface area (Å²) in [6.07, 6.45) is 3.89. The summed E-state index contributed by atoms with van der Waals surface area (Å²) in [6.45, 7) is 2.01. The number of benzene rings is 2. The van der Waals surface area contributed by atoms with E-state index in [-0.39, 0.29) is 5.91 Å². The first-order valence-electron chi connectivity index (χ1n) is 8.33. The number of hydrogen-bond acceptors (Lipinski definition) is 2. The van der Waals surface area contributed by atoms with Crippen LogP contribution in [0.3, 0.4) is 0 Å². The zero-order chi connectivity index (χ0) is 19.0. The number of nitrogens with zero attached hydrogens (tertiary/aromatic N) is 2. The number of rotatable bonds is 3. The number of amides is 1. The third-order valence-electron chi connectivity index (χ3n) is 4.30. The second-order valence-corrected chi connectivity index (χ2v) is 7.02. The number of nitrogens with one attached hydrogen (secondary N) is 1. The molecule has 0 unspecified atom stereocenters. The lowest BCUT2D eigenvalue weighted by molar-refractivity contribution is 0.102. The molecule has 0 aliphatic carbocycles. The van der Waals surface area contributed by atoms with Gasteiger partial charge >= 0.3 is 0 Å². The number of anilines is 1. The lowest BCUT2D eigenvalue weighted by Crippen LogP contribution is -2.13. The molecule has 4 nitrogen and oxygen atoms in total. The summed E-state index contributed by atoms with van der Waals surface area (Å²) in [6, 6.07) is 16.3. The first-order valence-corrected chi connectivity index (χ1v) is 9.08. The molecule has 4 rings (SSSR count). The van der Waals surface area contributed by atoms with Gasteiger partial charge in [0.05, 0.1) is 22.0 Å². The zero-order valence-corrected chi connectivity index (χ0v) is 15.9. The number of halogens is 2. The van der Waals surface area contributed by atoms with Crippen LogP contribution in [-0.4, -0.2) is 15.3 Å². The van der Waals surface area contributed by atoms with Crippen LogP contribution in [0, 0.1) is 6.92 Å². The number of aryl methyl sites for hydroxylation is 1. The van der Waals surface area contributed by atoms with Gasteiger partial charge in [0.2, 0.25) is 0 Å². The standard InChI is InChI=1S/C21H15Cl2N3O/c1-13-5-4-10-26-12-19(24-20(13)26)15-6-2-3-7-18(15)25-21(27)16-11-14(22)8-9-17(16)23/h2-12H,1H3,(H,25,27). The van der Waals surface area contributed by atoms with Crippen LogP contribution in [0.5, 0.6) is 0 Å². The van der Waals surface area contributed by atoms with Gasteiger partial charge in [-0.15, -0.1) is 0 Å². The van der Waals surface area contributed by atoms with Crippen molar-refractivity contribution in [1.29, 1.82) is 0 Å². The normalized spacial score (nSPS) is 10.9. The number of pyridine rings is 1. The molecule has 0 fully saturated rings. The molecule has 2 aromatic heterocycles. The van der Waals surface area contributed by atoms with Gasteiger partial charge < -0.3 is 9.72 Å². The first-order chi connectivity index (χ1) is 13.0. The molecule has 2 aromatic carbocycles. The Morgan fingerprint density at radius 3 is 2.70 bits per heavy atom. The molecule has 0 atom stereocenters. The van der Waals surface area contributed by atoms with Gasteiger partial charge in [0.1, 0.15) is 5.65 Å². The Hall–Kier alpha value is -2.82. The smallest absolute Gasteiger partial charge is 0.257 e. The molecule has 27 heavy (non-hydrogen) atoms. The summed E-state index contributed by atoms with van der Waals surface area (Å²) < 4.78 is 1.97. The molecule has 0 aliphatic heterocycles. The number of carbonyl (C=O) groups excluding carboxylic acids is 1. The first kappa shape index (κ1) is 17.6. The van der Waals surface area contributed by atoms with Crippen molar-refractivity contribution in [2.45, 2.75) is 6.92 Å². The average Bonchev–Trinajstić information content (AvgIpc) is 3.09. The minimum atomic E-state index is -0.324. The maximum absolute atomic E-state index is 12.7. The van der Waals surface area contributed by atoms with Crippen molar-refractivity contribution in [3.8, 4) is 11.3 Å². The Bertz CT molecular complexity index is 1170. The fourth-order valence-corrected chi connectivity index (χ4v) is 3.34. The maximum atomic E-state index is 12.7. The highest BCUT2D eigenvalue weighted by atomic mass is 35.5. The van der Waals surface area contributed by atoms with E-state index in [2.05, 4.69) is 5.32 Å². The minimum absolute atomic E-state index is 0.324. The van der Waals surface area contributed by atoms with Crippen molar-refractivity contribution in [1.82, 2.24) is 9.38 Å². The van der Waals surface area contributed by atoms with Crippen LogP contribution < -0.4 is 5.32 Å². The van der Waals surface area contributed by atoms with Crippen molar-refractivity contribution in [3.05, 3.63) is 88.2 Å². The molecule has 0 saturated carbocycles. The molecule has 1 N–H and O–H groups in total. The second-order valence-electron chi connectivity index (χ2n) is 6.17. The molecule has 2 heterocycles. The Kier molecular flexibility index (Phi) is 4.60. The Labute approximate surface area is 166 Å². The number of fused-ring (bicyclic) bond motifs is 1. The van der Waals surface area contributed by atoms with E-state index in [1.807, 2.05) is 60.1 Å². The van der Waals surface area contributed by atoms with Crippen molar-refractivity contribution in [2.24, 2.45) is 0 Å². The molecule has 0 bridgehead atoms. The maximum Gasteiger partial charge on any atom is 0.257 e. The van der Waals surface area contributed by atoms with E-state index >= 15 is 0 Å². The predicted molar refractivity (Wildman–Crippen MR) is 110 cm³/mol. The van der Waals surface area contributed by atoms with Gasteiger partial charge in [-0.25, -0.2) is 4.98 Å². The highest BCUT2D eigenvalue weighted by Crippen LogP contribution is 2.29. The largest absolute Gasteiger partial charge is 0.321 e. The summed E-state index contributed by atoms with van der Waals surface area (Å²) in [5, 5.41) is 3.72. The molecule has 6 heteroatoms. The van der Waals surface area contributed by atoms with E-state index in [0.29, 0.717) is 21.3 Å². The minimum Gasteiger partial charge on any atom is -0.321 e. The summed E-state index contributed by atoms with van der Waals surface area (Å²) in [5.74, 6) is -0.324. The molecule has 0 radical (unpaired) electrons. The number of para-hydroxylation sites is 1. The molecule has 0 spiro atoms. The van der Waals surface area contributed by atoms with Crippen LogP contribution in [-0.2, 0) is 0 Å². The molecule has 0 saturated heterocycles. The fraction of sp³-hybridized carbons (Fsp3) is 0.0476. The van der Waals surface area contributed by atoms with Gasteiger partial charge in [-0.1, -0.05) is 47.5 Å². The molecule has 1 amide bonds. The van der Waals surface area contributed by atoms with Crippen LogP contribution in [0.25, 0.3) is 16.9 Å². The number of imidazole rings is 1. The lowest BCUT2D eigenvalue weighted by atomic mass is 10.1. The lowest BCUT2D eigenvalue weighted by Gasteiger charge is -2.10. The fourth-order valence-electron chi connectivity index (χ4n) is 2.96. The third kappa shape index (κ3) is 3.42. The van der Waals surface area contributed by atoms with E-state index in [4.69, 9.17) is 28.2 Å².